The maximum absolute atomic E-state index is 6.26. The Morgan fingerprint density at radius 3 is 2.86 bits per heavy atom. The van der Waals surface area contributed by atoms with Crippen LogP contribution in [0.25, 0.3) is 11.0 Å². The second-order valence-corrected chi connectivity index (χ2v) is 8.48. The average molecular weight is 424 g/mol. The number of thiol groups is 1. The van der Waals surface area contributed by atoms with Crippen molar-refractivity contribution in [2.75, 3.05) is 16.1 Å². The summed E-state index contributed by atoms with van der Waals surface area (Å²) in [6.07, 6.45) is 7.33. The van der Waals surface area contributed by atoms with Gasteiger partial charge in [-0.25, -0.2) is 9.66 Å². The molecule has 148 valence electrons. The van der Waals surface area contributed by atoms with Crippen LogP contribution in [-0.4, -0.2) is 20.4 Å². The number of halogens is 1. The SMILES string of the molecule is C=C(CS)Nn1c(CN2C(=C)C3(CCC3)c3ccncc32)nc2ccc(Cl)cc21. The first-order valence-corrected chi connectivity index (χ1v) is 10.7. The molecule has 5 nitrogen and oxygen atoms in total. The van der Waals surface area contributed by atoms with Crippen molar-refractivity contribution in [3.05, 3.63) is 77.6 Å². The third-order valence-corrected chi connectivity index (χ3v) is 6.75. The molecule has 0 radical (unpaired) electrons. The van der Waals surface area contributed by atoms with Crippen LogP contribution in [0.15, 0.2) is 61.2 Å². The smallest absolute Gasteiger partial charge is 0.148 e. The Morgan fingerprint density at radius 1 is 1.31 bits per heavy atom. The first-order chi connectivity index (χ1) is 14.0. The number of nitrogens with zero attached hydrogens (tertiary/aromatic N) is 4. The molecule has 0 unspecified atom stereocenters. The maximum atomic E-state index is 6.26. The van der Waals surface area contributed by atoms with E-state index < -0.39 is 0 Å². The highest BCUT2D eigenvalue weighted by molar-refractivity contribution is 7.80. The Hall–Kier alpha value is -2.44. The summed E-state index contributed by atoms with van der Waals surface area (Å²) in [5.41, 5.74) is 9.54. The largest absolute Gasteiger partial charge is 0.336 e. The van der Waals surface area contributed by atoms with Crippen molar-refractivity contribution in [1.29, 1.82) is 0 Å². The van der Waals surface area contributed by atoms with Gasteiger partial charge >= 0.3 is 0 Å². The van der Waals surface area contributed by atoms with Gasteiger partial charge in [0.2, 0.25) is 0 Å². The van der Waals surface area contributed by atoms with Gasteiger partial charge in [-0.15, -0.1) is 0 Å². The summed E-state index contributed by atoms with van der Waals surface area (Å²) >= 11 is 10.6. The van der Waals surface area contributed by atoms with Crippen molar-refractivity contribution >= 4 is 41.0 Å². The highest BCUT2D eigenvalue weighted by Gasteiger charge is 2.50. The van der Waals surface area contributed by atoms with Gasteiger partial charge in [-0.3, -0.25) is 10.4 Å². The van der Waals surface area contributed by atoms with Crippen LogP contribution in [-0.2, 0) is 12.0 Å². The molecule has 7 heteroatoms. The molecular formula is C22H22ClN5S. The summed E-state index contributed by atoms with van der Waals surface area (Å²) in [4.78, 5) is 11.5. The third-order valence-electron chi connectivity index (χ3n) is 6.14. The fourth-order valence-corrected chi connectivity index (χ4v) is 4.74. The Balaban J connectivity index is 1.59. The van der Waals surface area contributed by atoms with Gasteiger partial charge in [0.1, 0.15) is 5.82 Å². The number of aromatic nitrogens is 3. The minimum Gasteiger partial charge on any atom is -0.336 e. The number of allylic oxidation sites excluding steroid dienone is 1. The third kappa shape index (κ3) is 2.77. The van der Waals surface area contributed by atoms with Gasteiger partial charge in [-0.2, -0.15) is 12.6 Å². The number of anilines is 1. The van der Waals surface area contributed by atoms with E-state index in [1.54, 1.807) is 0 Å². The average Bonchev–Trinajstić information content (AvgIpc) is 3.14. The van der Waals surface area contributed by atoms with Gasteiger partial charge < -0.3 is 4.90 Å². The zero-order valence-electron chi connectivity index (χ0n) is 16.0. The van der Waals surface area contributed by atoms with Gasteiger partial charge in [0.05, 0.1) is 29.5 Å². The number of benzene rings is 1. The van der Waals surface area contributed by atoms with Crippen molar-refractivity contribution in [1.82, 2.24) is 14.6 Å². The number of hydrogen-bond acceptors (Lipinski definition) is 5. The maximum Gasteiger partial charge on any atom is 0.148 e. The van der Waals surface area contributed by atoms with Gasteiger partial charge in [-0.1, -0.05) is 31.2 Å². The molecule has 1 aliphatic heterocycles. The lowest BCUT2D eigenvalue weighted by atomic mass is 9.64. The molecule has 1 aromatic carbocycles. The van der Waals surface area contributed by atoms with Gasteiger partial charge in [0, 0.05) is 33.8 Å². The molecule has 1 aliphatic carbocycles. The molecule has 1 spiro atoms. The Morgan fingerprint density at radius 2 is 2.14 bits per heavy atom. The van der Waals surface area contributed by atoms with E-state index in [9.17, 15) is 0 Å². The van der Waals surface area contributed by atoms with Gasteiger partial charge in [-0.05, 0) is 42.7 Å². The number of pyridine rings is 1. The topological polar surface area (TPSA) is 46.0 Å². The van der Waals surface area contributed by atoms with Crippen LogP contribution >= 0.6 is 24.2 Å². The zero-order valence-corrected chi connectivity index (χ0v) is 17.7. The van der Waals surface area contributed by atoms with E-state index in [0.717, 1.165) is 46.8 Å². The van der Waals surface area contributed by atoms with Crippen LogP contribution in [0.1, 0.15) is 30.7 Å². The van der Waals surface area contributed by atoms with E-state index in [0.29, 0.717) is 17.3 Å². The van der Waals surface area contributed by atoms with Crippen molar-refractivity contribution < 1.29 is 0 Å². The first-order valence-electron chi connectivity index (χ1n) is 9.67. The zero-order chi connectivity index (χ0) is 20.2. The Kier molecular flexibility index (Phi) is 4.37. The lowest BCUT2D eigenvalue weighted by Crippen LogP contribution is -2.37. The molecule has 5 rings (SSSR count). The van der Waals surface area contributed by atoms with Crippen molar-refractivity contribution in [3.63, 3.8) is 0 Å². The molecule has 3 heterocycles. The summed E-state index contributed by atoms with van der Waals surface area (Å²) in [6.45, 7) is 9.10. The van der Waals surface area contributed by atoms with Crippen molar-refractivity contribution in [2.45, 2.75) is 31.2 Å². The summed E-state index contributed by atoms with van der Waals surface area (Å²) in [7, 11) is 0. The number of hydrogen-bond donors (Lipinski definition) is 2. The van der Waals surface area contributed by atoms with Gasteiger partial charge in [0.15, 0.2) is 0 Å². The molecule has 0 saturated heterocycles. The first kappa shape index (κ1) is 18.6. The molecule has 2 aliphatic rings. The lowest BCUT2D eigenvalue weighted by Gasteiger charge is -2.40. The monoisotopic (exact) mass is 423 g/mol. The highest BCUT2D eigenvalue weighted by Crippen LogP contribution is 2.57. The van der Waals surface area contributed by atoms with E-state index in [2.05, 4.69) is 47.2 Å². The summed E-state index contributed by atoms with van der Waals surface area (Å²) in [5.74, 6) is 1.38. The molecule has 0 amide bonds. The van der Waals surface area contributed by atoms with Crippen LogP contribution in [0, 0.1) is 0 Å². The quantitative estimate of drug-likeness (QED) is 0.565. The Labute approximate surface area is 180 Å². The lowest BCUT2D eigenvalue weighted by molar-refractivity contribution is 0.301. The van der Waals surface area contributed by atoms with Crippen LogP contribution in [0.2, 0.25) is 5.02 Å². The normalized spacial score (nSPS) is 16.9. The molecule has 0 atom stereocenters. The molecule has 1 fully saturated rings. The molecule has 1 saturated carbocycles. The predicted molar refractivity (Wildman–Crippen MR) is 122 cm³/mol. The van der Waals surface area contributed by atoms with Crippen LogP contribution < -0.4 is 10.3 Å². The minimum absolute atomic E-state index is 0.0561. The van der Waals surface area contributed by atoms with Crippen LogP contribution in [0.4, 0.5) is 5.69 Å². The summed E-state index contributed by atoms with van der Waals surface area (Å²) in [6, 6.07) is 7.84. The molecule has 3 aromatic rings. The van der Waals surface area contributed by atoms with Gasteiger partial charge in [0.25, 0.3) is 0 Å². The van der Waals surface area contributed by atoms with E-state index in [4.69, 9.17) is 16.6 Å². The van der Waals surface area contributed by atoms with Crippen LogP contribution in [0.3, 0.4) is 0 Å². The number of nitrogens with one attached hydrogen (secondary N) is 1. The van der Waals surface area contributed by atoms with Crippen LogP contribution in [0.5, 0.6) is 0 Å². The fraction of sp³-hybridized carbons (Fsp3) is 0.273. The number of rotatable bonds is 5. The molecular weight excluding hydrogens is 402 g/mol. The standard InChI is InChI=1S/C22H22ClN5S/c1-14(13-29)26-28-19-10-16(23)4-5-18(19)25-21(28)12-27-15(2)22(7-3-8-22)17-6-9-24-11-20(17)27/h4-6,9-11,26,29H,1-3,7-8,12-13H2. The highest BCUT2D eigenvalue weighted by atomic mass is 35.5. The second kappa shape index (κ2) is 6.82. The summed E-state index contributed by atoms with van der Waals surface area (Å²) < 4.78 is 1.95. The fourth-order valence-electron chi connectivity index (χ4n) is 4.50. The van der Waals surface area contributed by atoms with Crippen molar-refractivity contribution in [2.24, 2.45) is 0 Å². The van der Waals surface area contributed by atoms with E-state index in [1.165, 1.54) is 12.0 Å². The molecule has 1 N–H and O–H groups in total. The van der Waals surface area contributed by atoms with E-state index in [1.807, 2.05) is 35.3 Å². The van der Waals surface area contributed by atoms with E-state index in [-0.39, 0.29) is 5.41 Å². The Bertz CT molecular complexity index is 1150. The number of fused-ring (bicyclic) bond motifs is 3. The second-order valence-electron chi connectivity index (χ2n) is 7.73. The number of imidazole rings is 1. The molecule has 2 aromatic heterocycles. The molecule has 0 bridgehead atoms. The minimum atomic E-state index is 0.0561. The van der Waals surface area contributed by atoms with E-state index >= 15 is 0 Å². The summed E-state index contributed by atoms with van der Waals surface area (Å²) in [5, 5.41) is 0.664. The van der Waals surface area contributed by atoms with Crippen molar-refractivity contribution in [3.8, 4) is 0 Å². The predicted octanol–water partition coefficient (Wildman–Crippen LogP) is 5.03. The molecule has 29 heavy (non-hydrogen) atoms.